The van der Waals surface area contributed by atoms with Crippen molar-refractivity contribution < 1.29 is 41.5 Å². The second-order valence-corrected chi connectivity index (χ2v) is 5.40. The van der Waals surface area contributed by atoms with Crippen molar-refractivity contribution in [2.45, 2.75) is 6.18 Å². The molecule has 12 heteroatoms. The molecule has 29 heavy (non-hydrogen) atoms. The molecule has 1 heterocycles. The first-order valence-electron chi connectivity index (χ1n) is 7.91. The van der Waals surface area contributed by atoms with Crippen LogP contribution in [0.5, 0.6) is 0 Å². The largest absolute Gasteiger partial charge is 0.459 e. The molecule has 0 aliphatic heterocycles. The molecular formula is C17H14F3N3O6. The van der Waals surface area contributed by atoms with E-state index in [1.807, 2.05) is 0 Å². The molecule has 0 aliphatic rings. The van der Waals surface area contributed by atoms with Gasteiger partial charge in [0.1, 0.15) is 6.54 Å². The fourth-order valence-corrected chi connectivity index (χ4v) is 1.96. The quantitative estimate of drug-likeness (QED) is 0.623. The van der Waals surface area contributed by atoms with Crippen molar-refractivity contribution in [2.75, 3.05) is 18.5 Å². The summed E-state index contributed by atoms with van der Waals surface area (Å²) in [5, 5.41) is 5.44. The van der Waals surface area contributed by atoms with E-state index in [-0.39, 0.29) is 17.0 Å². The predicted octanol–water partition coefficient (Wildman–Crippen LogP) is 2.08. The van der Waals surface area contributed by atoms with Gasteiger partial charge in [0.15, 0.2) is 12.4 Å². The molecule has 0 atom stereocenters. The number of para-hydroxylation sites is 1. The van der Waals surface area contributed by atoms with Gasteiger partial charge in [-0.25, -0.2) is 9.59 Å². The molecule has 0 radical (unpaired) electrons. The van der Waals surface area contributed by atoms with Crippen molar-refractivity contribution in [3.8, 4) is 0 Å². The van der Waals surface area contributed by atoms with E-state index in [1.54, 1.807) is 5.32 Å². The lowest BCUT2D eigenvalue weighted by molar-refractivity contribution is -0.125. The SMILES string of the molecule is O=C(COC(=O)c1ccccc1NC(=O)c1ccco1)NC(=O)NCC(F)(F)F. The maximum Gasteiger partial charge on any atom is 0.405 e. The van der Waals surface area contributed by atoms with E-state index in [0.29, 0.717) is 0 Å². The van der Waals surface area contributed by atoms with Crippen LogP contribution in [0.1, 0.15) is 20.9 Å². The van der Waals surface area contributed by atoms with Gasteiger partial charge < -0.3 is 19.8 Å². The molecule has 1 aromatic carbocycles. The van der Waals surface area contributed by atoms with Crippen LogP contribution < -0.4 is 16.0 Å². The van der Waals surface area contributed by atoms with Crippen LogP contribution in [0.4, 0.5) is 23.7 Å². The number of carbonyl (C=O) groups is 4. The van der Waals surface area contributed by atoms with E-state index in [9.17, 15) is 32.3 Å². The Labute approximate surface area is 161 Å². The average Bonchev–Trinajstić information content (AvgIpc) is 3.19. The molecule has 0 saturated heterocycles. The highest BCUT2D eigenvalue weighted by molar-refractivity contribution is 6.07. The second-order valence-electron chi connectivity index (χ2n) is 5.40. The van der Waals surface area contributed by atoms with Crippen LogP contribution in [0.3, 0.4) is 0 Å². The highest BCUT2D eigenvalue weighted by Crippen LogP contribution is 2.17. The van der Waals surface area contributed by atoms with Crippen LogP contribution in [0.15, 0.2) is 47.1 Å². The number of amides is 4. The number of carbonyl (C=O) groups excluding carboxylic acids is 4. The van der Waals surface area contributed by atoms with Gasteiger partial charge >= 0.3 is 18.2 Å². The van der Waals surface area contributed by atoms with Crippen molar-refractivity contribution >= 4 is 29.5 Å². The number of benzene rings is 1. The minimum atomic E-state index is -4.64. The standard InChI is InChI=1S/C17H14F3N3O6/c18-17(19,20)9-21-16(27)23-13(24)8-29-15(26)10-4-1-2-5-11(10)22-14(25)12-6-3-7-28-12/h1-7H,8-9H2,(H,22,25)(H2,21,23,24,27). The smallest absolute Gasteiger partial charge is 0.405 e. The van der Waals surface area contributed by atoms with E-state index < -0.39 is 43.1 Å². The first kappa shape index (κ1) is 21.5. The molecule has 3 N–H and O–H groups in total. The Kier molecular flexibility index (Phi) is 6.95. The zero-order valence-electron chi connectivity index (χ0n) is 14.5. The Morgan fingerprint density at radius 3 is 2.41 bits per heavy atom. The van der Waals surface area contributed by atoms with Gasteiger partial charge in [0.25, 0.3) is 11.8 Å². The van der Waals surface area contributed by atoms with Crippen LogP contribution >= 0.6 is 0 Å². The Hall–Kier alpha value is -3.83. The number of hydrogen-bond donors (Lipinski definition) is 3. The zero-order valence-corrected chi connectivity index (χ0v) is 14.5. The molecular weight excluding hydrogens is 399 g/mol. The minimum absolute atomic E-state index is 0.00239. The molecule has 0 spiro atoms. The number of ether oxygens (including phenoxy) is 1. The van der Waals surface area contributed by atoms with Crippen molar-refractivity contribution in [2.24, 2.45) is 0 Å². The molecule has 0 fully saturated rings. The lowest BCUT2D eigenvalue weighted by atomic mass is 10.1. The highest BCUT2D eigenvalue weighted by atomic mass is 19.4. The summed E-state index contributed by atoms with van der Waals surface area (Å²) < 4.78 is 45.6. The number of furan rings is 1. The van der Waals surface area contributed by atoms with E-state index >= 15 is 0 Å². The Morgan fingerprint density at radius 1 is 1.03 bits per heavy atom. The number of alkyl halides is 3. The van der Waals surface area contributed by atoms with Gasteiger partial charge in [-0.15, -0.1) is 0 Å². The summed E-state index contributed by atoms with van der Waals surface area (Å²) in [5.74, 6) is -2.78. The molecule has 0 unspecified atom stereocenters. The van der Waals surface area contributed by atoms with Crippen molar-refractivity contribution in [1.29, 1.82) is 0 Å². The number of urea groups is 1. The summed E-state index contributed by atoms with van der Waals surface area (Å²) >= 11 is 0. The van der Waals surface area contributed by atoms with Crippen molar-refractivity contribution in [1.82, 2.24) is 10.6 Å². The van der Waals surface area contributed by atoms with Crippen molar-refractivity contribution in [3.05, 3.63) is 54.0 Å². The van der Waals surface area contributed by atoms with E-state index in [4.69, 9.17) is 9.15 Å². The fourth-order valence-electron chi connectivity index (χ4n) is 1.96. The normalized spacial score (nSPS) is 10.7. The van der Waals surface area contributed by atoms with Gasteiger partial charge in [-0.3, -0.25) is 14.9 Å². The van der Waals surface area contributed by atoms with Gasteiger partial charge in [0.05, 0.1) is 17.5 Å². The molecule has 0 saturated carbocycles. The van der Waals surface area contributed by atoms with Gasteiger partial charge in [0.2, 0.25) is 0 Å². The minimum Gasteiger partial charge on any atom is -0.459 e. The third-order valence-electron chi connectivity index (χ3n) is 3.18. The number of imide groups is 1. The van der Waals surface area contributed by atoms with Gasteiger partial charge in [-0.2, -0.15) is 13.2 Å². The predicted molar refractivity (Wildman–Crippen MR) is 91.0 cm³/mol. The number of halogens is 3. The van der Waals surface area contributed by atoms with Crippen LogP contribution in [0.2, 0.25) is 0 Å². The molecule has 2 rings (SSSR count). The average molecular weight is 413 g/mol. The summed E-state index contributed by atoms with van der Waals surface area (Å²) in [6, 6.07) is 7.24. The summed E-state index contributed by atoms with van der Waals surface area (Å²) in [7, 11) is 0. The fraction of sp³-hybridized carbons (Fsp3) is 0.176. The number of rotatable bonds is 6. The Bertz CT molecular complexity index is 896. The first-order valence-corrected chi connectivity index (χ1v) is 7.91. The van der Waals surface area contributed by atoms with Crippen LogP contribution in [-0.4, -0.2) is 43.1 Å². The third kappa shape index (κ3) is 7.01. The lowest BCUT2D eigenvalue weighted by Crippen LogP contribution is -2.44. The van der Waals surface area contributed by atoms with E-state index in [0.717, 1.165) is 0 Å². The van der Waals surface area contributed by atoms with E-state index in [1.165, 1.54) is 48.0 Å². The summed E-state index contributed by atoms with van der Waals surface area (Å²) in [4.78, 5) is 46.9. The van der Waals surface area contributed by atoms with Crippen molar-refractivity contribution in [3.63, 3.8) is 0 Å². The van der Waals surface area contributed by atoms with Gasteiger partial charge in [-0.1, -0.05) is 12.1 Å². The third-order valence-corrected chi connectivity index (χ3v) is 3.18. The number of esters is 1. The summed E-state index contributed by atoms with van der Waals surface area (Å²) in [6.45, 7) is -2.56. The number of anilines is 1. The number of hydrogen-bond acceptors (Lipinski definition) is 6. The Morgan fingerprint density at radius 2 is 1.76 bits per heavy atom. The maximum atomic E-state index is 12.2. The topological polar surface area (TPSA) is 127 Å². The van der Waals surface area contributed by atoms with Crippen LogP contribution in [-0.2, 0) is 9.53 Å². The molecule has 9 nitrogen and oxygen atoms in total. The van der Waals surface area contributed by atoms with Gasteiger partial charge in [0, 0.05) is 0 Å². The van der Waals surface area contributed by atoms with Crippen LogP contribution in [0, 0.1) is 0 Å². The van der Waals surface area contributed by atoms with Crippen LogP contribution in [0.25, 0.3) is 0 Å². The molecule has 0 bridgehead atoms. The molecule has 4 amide bonds. The molecule has 154 valence electrons. The summed E-state index contributed by atoms with van der Waals surface area (Å²) in [6.07, 6.45) is -3.35. The van der Waals surface area contributed by atoms with Gasteiger partial charge in [-0.05, 0) is 24.3 Å². The summed E-state index contributed by atoms with van der Waals surface area (Å²) in [5.41, 5.74) is -0.0241. The number of nitrogens with one attached hydrogen (secondary N) is 3. The highest BCUT2D eigenvalue weighted by Gasteiger charge is 2.28. The van der Waals surface area contributed by atoms with E-state index in [2.05, 4.69) is 5.32 Å². The molecule has 1 aromatic heterocycles. The zero-order chi connectivity index (χ0) is 21.4. The first-order chi connectivity index (χ1) is 13.7. The maximum absolute atomic E-state index is 12.2. The molecule has 0 aliphatic carbocycles. The lowest BCUT2D eigenvalue weighted by Gasteiger charge is -2.11. The Balaban J connectivity index is 1.90. The second kappa shape index (κ2) is 9.39. The monoisotopic (exact) mass is 413 g/mol. The molecule has 2 aromatic rings.